The molecule has 2 aliphatic rings. The first kappa shape index (κ1) is 9.15. The molecule has 0 bridgehead atoms. The van der Waals surface area contributed by atoms with Crippen LogP contribution < -0.4 is 10.2 Å². The normalized spacial score (nSPS) is 21.5. The van der Waals surface area contributed by atoms with Crippen molar-refractivity contribution in [1.29, 1.82) is 0 Å². The van der Waals surface area contributed by atoms with Crippen LogP contribution in [0.5, 0.6) is 0 Å². The molecule has 0 spiro atoms. The van der Waals surface area contributed by atoms with E-state index in [1.807, 2.05) is 0 Å². The van der Waals surface area contributed by atoms with Gasteiger partial charge in [0.1, 0.15) is 5.82 Å². The Balaban J connectivity index is 1.87. The van der Waals surface area contributed by atoms with Crippen molar-refractivity contribution in [3.63, 3.8) is 0 Å². The Hall–Kier alpha value is -1.10. The smallest absolute Gasteiger partial charge is 0.227 e. The van der Waals surface area contributed by atoms with Crippen molar-refractivity contribution in [1.82, 2.24) is 20.1 Å². The van der Waals surface area contributed by atoms with Crippen molar-refractivity contribution in [3.05, 3.63) is 5.82 Å². The summed E-state index contributed by atoms with van der Waals surface area (Å²) in [5.41, 5.74) is 0. The Morgan fingerprint density at radius 3 is 2.67 bits per heavy atom. The van der Waals surface area contributed by atoms with Crippen molar-refractivity contribution >= 4 is 5.95 Å². The van der Waals surface area contributed by atoms with Gasteiger partial charge in [0.05, 0.1) is 6.54 Å². The topological polar surface area (TPSA) is 48.1 Å². The quantitative estimate of drug-likeness (QED) is 0.667. The first-order valence-electron chi connectivity index (χ1n) is 5.75. The molecule has 1 aromatic rings. The van der Waals surface area contributed by atoms with Crippen LogP contribution in [0.25, 0.3) is 0 Å². The predicted molar refractivity (Wildman–Crippen MR) is 56.8 cm³/mol. The van der Waals surface area contributed by atoms with Crippen molar-refractivity contribution in [2.75, 3.05) is 24.5 Å². The van der Waals surface area contributed by atoms with E-state index >= 15 is 0 Å². The lowest BCUT2D eigenvalue weighted by molar-refractivity contribution is 0.485. The van der Waals surface area contributed by atoms with Gasteiger partial charge in [-0.1, -0.05) is 0 Å². The summed E-state index contributed by atoms with van der Waals surface area (Å²) in [5, 5.41) is 12.8. The second kappa shape index (κ2) is 3.81. The Labute approximate surface area is 89.5 Å². The minimum Gasteiger partial charge on any atom is -0.341 e. The molecule has 0 saturated carbocycles. The molecule has 3 rings (SSSR count). The van der Waals surface area contributed by atoms with Crippen LogP contribution in [0.1, 0.15) is 25.1 Å². The van der Waals surface area contributed by atoms with Crippen LogP contribution in [-0.2, 0) is 13.1 Å². The van der Waals surface area contributed by atoms with E-state index in [2.05, 4.69) is 25.0 Å². The highest BCUT2D eigenvalue weighted by molar-refractivity contribution is 5.32. The number of fused-ring (bicyclic) bond motifs is 1. The zero-order chi connectivity index (χ0) is 10.1. The van der Waals surface area contributed by atoms with Crippen LogP contribution in [0.15, 0.2) is 0 Å². The number of hydrogen-bond acceptors (Lipinski definition) is 3. The van der Waals surface area contributed by atoms with Gasteiger partial charge in [-0.05, 0) is 19.3 Å². The molecule has 0 aromatic carbocycles. The van der Waals surface area contributed by atoms with Crippen LogP contribution in [-0.4, -0.2) is 34.4 Å². The molecule has 1 saturated heterocycles. The maximum absolute atomic E-state index is 4.34. The fraction of sp³-hybridized carbons (Fsp3) is 0.800. The molecular formula is C10H16N5. The average molecular weight is 206 g/mol. The monoisotopic (exact) mass is 206 g/mol. The predicted octanol–water partition coefficient (Wildman–Crippen LogP) is 0.386. The summed E-state index contributed by atoms with van der Waals surface area (Å²) < 4.78 is 2.23. The van der Waals surface area contributed by atoms with Gasteiger partial charge in [-0.3, -0.25) is 4.57 Å². The molecule has 5 heteroatoms. The molecule has 5 nitrogen and oxygen atoms in total. The molecular weight excluding hydrogens is 190 g/mol. The lowest BCUT2D eigenvalue weighted by atomic mass is 10.1. The van der Waals surface area contributed by atoms with Crippen molar-refractivity contribution in [3.8, 4) is 0 Å². The molecule has 0 amide bonds. The molecule has 15 heavy (non-hydrogen) atoms. The summed E-state index contributed by atoms with van der Waals surface area (Å²) in [6.45, 7) is 4.87. The van der Waals surface area contributed by atoms with Gasteiger partial charge in [0.25, 0.3) is 0 Å². The summed E-state index contributed by atoms with van der Waals surface area (Å²) in [4.78, 5) is 2.37. The average Bonchev–Trinajstić information content (AvgIpc) is 2.74. The van der Waals surface area contributed by atoms with Gasteiger partial charge in [0.2, 0.25) is 5.95 Å². The summed E-state index contributed by atoms with van der Waals surface area (Å²) >= 11 is 0. The van der Waals surface area contributed by atoms with Gasteiger partial charge in [-0.25, -0.2) is 5.32 Å². The second-order valence-corrected chi connectivity index (χ2v) is 4.22. The summed E-state index contributed by atoms with van der Waals surface area (Å²) in [6.07, 6.45) is 3.92. The lowest BCUT2D eigenvalue weighted by Crippen LogP contribution is -2.33. The lowest BCUT2D eigenvalue weighted by Gasteiger charge is -2.28. The van der Waals surface area contributed by atoms with Gasteiger partial charge in [0.15, 0.2) is 0 Å². The Morgan fingerprint density at radius 2 is 1.80 bits per heavy atom. The molecule has 0 N–H and O–H groups in total. The third kappa shape index (κ3) is 1.61. The molecule has 2 aliphatic heterocycles. The summed E-state index contributed by atoms with van der Waals surface area (Å²) in [6, 6.07) is 0. The zero-order valence-corrected chi connectivity index (χ0v) is 8.89. The Bertz CT molecular complexity index is 340. The van der Waals surface area contributed by atoms with Crippen LogP contribution in [0.4, 0.5) is 5.95 Å². The van der Waals surface area contributed by atoms with Crippen molar-refractivity contribution in [2.24, 2.45) is 0 Å². The van der Waals surface area contributed by atoms with E-state index in [4.69, 9.17) is 0 Å². The molecule has 0 unspecified atom stereocenters. The SMILES string of the molecule is C1CCN(c2nnc3n2CC[N]C3)CC1. The van der Waals surface area contributed by atoms with E-state index in [1.165, 1.54) is 19.3 Å². The fourth-order valence-electron chi connectivity index (χ4n) is 2.35. The van der Waals surface area contributed by atoms with E-state index in [1.54, 1.807) is 0 Å². The largest absolute Gasteiger partial charge is 0.341 e. The zero-order valence-electron chi connectivity index (χ0n) is 8.89. The molecule has 1 aromatic heterocycles. The second-order valence-electron chi connectivity index (χ2n) is 4.22. The molecule has 81 valence electrons. The number of rotatable bonds is 1. The van der Waals surface area contributed by atoms with Crippen LogP contribution in [0, 0.1) is 0 Å². The Kier molecular flexibility index (Phi) is 2.32. The minimum absolute atomic E-state index is 0.737. The van der Waals surface area contributed by atoms with Crippen LogP contribution in [0.3, 0.4) is 0 Å². The highest BCUT2D eigenvalue weighted by Crippen LogP contribution is 2.19. The molecule has 0 aliphatic carbocycles. The van der Waals surface area contributed by atoms with Gasteiger partial charge in [0, 0.05) is 26.2 Å². The Morgan fingerprint density at radius 1 is 0.933 bits per heavy atom. The number of anilines is 1. The van der Waals surface area contributed by atoms with Crippen LogP contribution in [0.2, 0.25) is 0 Å². The van der Waals surface area contributed by atoms with E-state index < -0.39 is 0 Å². The third-order valence-corrected chi connectivity index (χ3v) is 3.18. The van der Waals surface area contributed by atoms with Gasteiger partial charge >= 0.3 is 0 Å². The van der Waals surface area contributed by atoms with E-state index in [0.29, 0.717) is 0 Å². The summed E-state index contributed by atoms with van der Waals surface area (Å²) in [5.74, 6) is 2.10. The van der Waals surface area contributed by atoms with Crippen molar-refractivity contribution in [2.45, 2.75) is 32.4 Å². The number of aromatic nitrogens is 3. The van der Waals surface area contributed by atoms with Crippen LogP contribution >= 0.6 is 0 Å². The van der Waals surface area contributed by atoms with Gasteiger partial charge in [-0.15, -0.1) is 10.2 Å². The van der Waals surface area contributed by atoms with Gasteiger partial charge in [-0.2, -0.15) is 0 Å². The summed E-state index contributed by atoms with van der Waals surface area (Å²) in [7, 11) is 0. The molecule has 3 heterocycles. The highest BCUT2D eigenvalue weighted by atomic mass is 15.4. The first-order valence-corrected chi connectivity index (χ1v) is 5.75. The molecule has 1 radical (unpaired) electrons. The number of nitrogens with zero attached hydrogens (tertiary/aromatic N) is 5. The van der Waals surface area contributed by atoms with E-state index in [-0.39, 0.29) is 0 Å². The molecule has 0 atom stereocenters. The molecule has 1 fully saturated rings. The highest BCUT2D eigenvalue weighted by Gasteiger charge is 2.21. The first-order chi connectivity index (χ1) is 7.45. The standard InChI is InChI=1S/C10H16N5/c1-2-5-14(6-3-1)10-13-12-9-8-11-4-7-15(9)10/h1-8H2. The van der Waals surface area contributed by atoms with Gasteiger partial charge < -0.3 is 4.90 Å². The van der Waals surface area contributed by atoms with Crippen molar-refractivity contribution < 1.29 is 0 Å². The minimum atomic E-state index is 0.737. The fourth-order valence-corrected chi connectivity index (χ4v) is 2.35. The number of hydrogen-bond donors (Lipinski definition) is 0. The van der Waals surface area contributed by atoms with E-state index in [0.717, 1.165) is 44.5 Å². The van der Waals surface area contributed by atoms with E-state index in [9.17, 15) is 0 Å². The maximum Gasteiger partial charge on any atom is 0.227 e. The number of piperidine rings is 1. The third-order valence-electron chi connectivity index (χ3n) is 3.18. The maximum atomic E-state index is 4.34.